The first-order valence-corrected chi connectivity index (χ1v) is 7.99. The summed E-state index contributed by atoms with van der Waals surface area (Å²) in [6.45, 7) is 10.7. The van der Waals surface area contributed by atoms with Crippen LogP contribution in [0, 0.1) is 11.3 Å². The number of hydrogen-bond acceptors (Lipinski definition) is 2. The van der Waals surface area contributed by atoms with Crippen LogP contribution in [-0.4, -0.2) is 25.2 Å². The minimum absolute atomic E-state index is 0.359. The molecule has 0 radical (unpaired) electrons. The Morgan fingerprint density at radius 1 is 1.06 bits per heavy atom. The Bertz CT molecular complexity index is 248. The fourth-order valence-corrected chi connectivity index (χ4v) is 4.16. The average Bonchev–Trinajstić information content (AvgIpc) is 2.88. The summed E-state index contributed by atoms with van der Waals surface area (Å²) < 4.78 is 0. The lowest BCUT2D eigenvalue weighted by Crippen LogP contribution is -2.48. The number of nitrogens with one attached hydrogen (secondary N) is 2. The van der Waals surface area contributed by atoms with E-state index in [4.69, 9.17) is 0 Å². The third-order valence-corrected chi connectivity index (χ3v) is 4.98. The molecule has 0 spiro atoms. The Labute approximate surface area is 113 Å². The smallest absolute Gasteiger partial charge is 0.0278 e. The maximum absolute atomic E-state index is 3.79. The van der Waals surface area contributed by atoms with Gasteiger partial charge in [0, 0.05) is 18.6 Å². The molecule has 106 valence electrons. The van der Waals surface area contributed by atoms with Gasteiger partial charge in [-0.1, -0.05) is 26.7 Å². The van der Waals surface area contributed by atoms with Gasteiger partial charge in [-0.2, -0.15) is 0 Å². The fraction of sp³-hybridized carbons (Fsp3) is 1.00. The highest BCUT2D eigenvalue weighted by Gasteiger charge is 2.35. The van der Waals surface area contributed by atoms with E-state index in [-0.39, 0.29) is 0 Å². The molecule has 2 nitrogen and oxygen atoms in total. The topological polar surface area (TPSA) is 24.1 Å². The zero-order chi connectivity index (χ0) is 13.1. The molecule has 2 N–H and O–H groups in total. The molecule has 18 heavy (non-hydrogen) atoms. The summed E-state index contributed by atoms with van der Waals surface area (Å²) in [6, 6.07) is 0. The van der Waals surface area contributed by atoms with E-state index >= 15 is 0 Å². The summed E-state index contributed by atoms with van der Waals surface area (Å²) in [4.78, 5) is 0. The molecule has 1 saturated carbocycles. The molecule has 1 heterocycles. The lowest BCUT2D eigenvalue weighted by Gasteiger charge is -2.33. The number of hydrogen-bond donors (Lipinski definition) is 2. The van der Waals surface area contributed by atoms with Crippen molar-refractivity contribution in [3.8, 4) is 0 Å². The minimum Gasteiger partial charge on any atom is -0.314 e. The highest BCUT2D eigenvalue weighted by Crippen LogP contribution is 2.42. The second-order valence-corrected chi connectivity index (χ2v) is 7.50. The summed E-state index contributed by atoms with van der Waals surface area (Å²) in [6.07, 6.45) is 9.87. The molecule has 1 unspecified atom stereocenters. The molecule has 1 aliphatic heterocycles. The molecular formula is C16H32N2. The van der Waals surface area contributed by atoms with E-state index in [0.29, 0.717) is 11.0 Å². The first-order chi connectivity index (χ1) is 8.54. The van der Waals surface area contributed by atoms with Gasteiger partial charge in [0.1, 0.15) is 0 Å². The quantitative estimate of drug-likeness (QED) is 0.758. The van der Waals surface area contributed by atoms with Crippen molar-refractivity contribution in [2.45, 2.75) is 71.3 Å². The van der Waals surface area contributed by atoms with Crippen LogP contribution >= 0.6 is 0 Å². The van der Waals surface area contributed by atoms with Gasteiger partial charge in [-0.05, 0) is 56.9 Å². The largest absolute Gasteiger partial charge is 0.314 e. The molecule has 2 fully saturated rings. The molecule has 2 aliphatic rings. The van der Waals surface area contributed by atoms with E-state index in [2.05, 4.69) is 31.4 Å². The Morgan fingerprint density at radius 2 is 1.78 bits per heavy atom. The predicted octanol–water partition coefficient (Wildman–Crippen LogP) is 3.32. The van der Waals surface area contributed by atoms with Crippen molar-refractivity contribution in [1.82, 2.24) is 10.6 Å². The zero-order valence-electron chi connectivity index (χ0n) is 12.6. The van der Waals surface area contributed by atoms with Crippen molar-refractivity contribution >= 4 is 0 Å². The monoisotopic (exact) mass is 252 g/mol. The molecule has 0 aromatic rings. The second kappa shape index (κ2) is 5.92. The van der Waals surface area contributed by atoms with Gasteiger partial charge >= 0.3 is 0 Å². The minimum atomic E-state index is 0.359. The first kappa shape index (κ1) is 14.3. The van der Waals surface area contributed by atoms with Crippen molar-refractivity contribution in [2.24, 2.45) is 11.3 Å². The van der Waals surface area contributed by atoms with Crippen LogP contribution < -0.4 is 10.6 Å². The molecule has 0 amide bonds. The lowest BCUT2D eigenvalue weighted by molar-refractivity contribution is 0.215. The van der Waals surface area contributed by atoms with Crippen LogP contribution in [0.15, 0.2) is 0 Å². The van der Waals surface area contributed by atoms with E-state index in [1.165, 1.54) is 58.0 Å². The normalized spacial score (nSPS) is 31.3. The summed E-state index contributed by atoms with van der Waals surface area (Å²) in [5.74, 6) is 0.838. The van der Waals surface area contributed by atoms with Gasteiger partial charge in [-0.3, -0.25) is 0 Å². The van der Waals surface area contributed by atoms with Crippen LogP contribution in [-0.2, 0) is 0 Å². The lowest BCUT2D eigenvalue weighted by atomic mass is 9.78. The van der Waals surface area contributed by atoms with Gasteiger partial charge in [0.05, 0.1) is 0 Å². The van der Waals surface area contributed by atoms with Gasteiger partial charge in [0.25, 0.3) is 0 Å². The standard InChI is InChI=1S/C16H32N2/c1-14(2)11-16(8-4-5-9-16)13-17-12-15(3)7-6-10-18-15/h14,17-18H,4-13H2,1-3H3. The van der Waals surface area contributed by atoms with Crippen LogP contribution in [0.4, 0.5) is 0 Å². The summed E-state index contributed by atoms with van der Waals surface area (Å²) in [7, 11) is 0. The van der Waals surface area contributed by atoms with E-state index in [9.17, 15) is 0 Å². The second-order valence-electron chi connectivity index (χ2n) is 7.50. The van der Waals surface area contributed by atoms with Crippen LogP contribution in [0.1, 0.15) is 65.7 Å². The third kappa shape index (κ3) is 3.71. The van der Waals surface area contributed by atoms with E-state index in [1.807, 2.05) is 0 Å². The van der Waals surface area contributed by atoms with Gasteiger partial charge < -0.3 is 10.6 Å². The zero-order valence-corrected chi connectivity index (χ0v) is 12.6. The van der Waals surface area contributed by atoms with Crippen LogP contribution in [0.25, 0.3) is 0 Å². The van der Waals surface area contributed by atoms with Crippen LogP contribution in [0.3, 0.4) is 0 Å². The van der Waals surface area contributed by atoms with Crippen molar-refractivity contribution in [3.63, 3.8) is 0 Å². The molecule has 1 saturated heterocycles. The van der Waals surface area contributed by atoms with E-state index in [1.54, 1.807) is 0 Å². The summed E-state index contributed by atoms with van der Waals surface area (Å²) >= 11 is 0. The van der Waals surface area contributed by atoms with Crippen molar-refractivity contribution in [1.29, 1.82) is 0 Å². The average molecular weight is 252 g/mol. The van der Waals surface area contributed by atoms with E-state index in [0.717, 1.165) is 12.5 Å². The molecule has 2 rings (SSSR count). The van der Waals surface area contributed by atoms with Gasteiger partial charge in [0.2, 0.25) is 0 Å². The fourth-order valence-electron chi connectivity index (χ4n) is 4.16. The van der Waals surface area contributed by atoms with Gasteiger partial charge in [0.15, 0.2) is 0 Å². The highest BCUT2D eigenvalue weighted by atomic mass is 15.1. The van der Waals surface area contributed by atoms with E-state index < -0.39 is 0 Å². The molecule has 0 aromatic carbocycles. The van der Waals surface area contributed by atoms with Crippen LogP contribution in [0.5, 0.6) is 0 Å². The molecule has 1 aliphatic carbocycles. The molecule has 1 atom stereocenters. The predicted molar refractivity (Wildman–Crippen MR) is 78.9 cm³/mol. The van der Waals surface area contributed by atoms with Crippen molar-refractivity contribution in [3.05, 3.63) is 0 Å². The third-order valence-electron chi connectivity index (χ3n) is 4.98. The Morgan fingerprint density at radius 3 is 2.33 bits per heavy atom. The summed E-state index contributed by atoms with van der Waals surface area (Å²) in [5, 5.41) is 7.44. The maximum atomic E-state index is 3.79. The van der Waals surface area contributed by atoms with Crippen molar-refractivity contribution < 1.29 is 0 Å². The Hall–Kier alpha value is -0.0800. The van der Waals surface area contributed by atoms with Gasteiger partial charge in [-0.15, -0.1) is 0 Å². The molecule has 0 bridgehead atoms. The van der Waals surface area contributed by atoms with Crippen LogP contribution in [0.2, 0.25) is 0 Å². The Balaban J connectivity index is 1.79. The van der Waals surface area contributed by atoms with Crippen molar-refractivity contribution in [2.75, 3.05) is 19.6 Å². The molecule has 2 heteroatoms. The first-order valence-electron chi connectivity index (χ1n) is 7.99. The summed E-state index contributed by atoms with van der Waals surface area (Å²) in [5.41, 5.74) is 0.973. The molecular weight excluding hydrogens is 220 g/mol. The van der Waals surface area contributed by atoms with Gasteiger partial charge in [-0.25, -0.2) is 0 Å². The SMILES string of the molecule is CC(C)CC1(CNCC2(C)CCCN2)CCCC1. The number of rotatable bonds is 6. The highest BCUT2D eigenvalue weighted by molar-refractivity contribution is 4.93. The Kier molecular flexibility index (Phi) is 4.71. The molecule has 0 aromatic heterocycles. The maximum Gasteiger partial charge on any atom is 0.0278 e.